The van der Waals surface area contributed by atoms with Crippen molar-refractivity contribution in [3.05, 3.63) is 59.4 Å². The minimum absolute atomic E-state index is 0.00116. The Labute approximate surface area is 296 Å². The number of hydrogen-bond acceptors (Lipinski definition) is 9. The molecular formula is C38H45N7O6. The maximum absolute atomic E-state index is 13.8. The number of alkyl carbamates (subject to hydrolysis) is 1. The van der Waals surface area contributed by atoms with Crippen molar-refractivity contribution in [2.24, 2.45) is 11.8 Å². The van der Waals surface area contributed by atoms with E-state index in [2.05, 4.69) is 44.9 Å². The molecule has 4 aliphatic heterocycles. The van der Waals surface area contributed by atoms with Crippen LogP contribution in [0.25, 0.3) is 33.6 Å². The summed E-state index contributed by atoms with van der Waals surface area (Å²) in [6.45, 7) is 8.35. The molecule has 2 fully saturated rings. The molecular weight excluding hydrogens is 650 g/mol. The van der Waals surface area contributed by atoms with Gasteiger partial charge in [-0.2, -0.15) is 0 Å². The van der Waals surface area contributed by atoms with Crippen LogP contribution in [0.1, 0.15) is 74.9 Å². The molecule has 13 nitrogen and oxygen atoms in total. The molecule has 6 heterocycles. The number of carbonyl (C=O) groups excluding carboxylic acids is 2. The van der Waals surface area contributed by atoms with Gasteiger partial charge in [-0.15, -0.1) is 0 Å². The summed E-state index contributed by atoms with van der Waals surface area (Å²) in [6.07, 6.45) is 5.68. The van der Waals surface area contributed by atoms with Gasteiger partial charge in [0, 0.05) is 53.1 Å². The summed E-state index contributed by atoms with van der Waals surface area (Å²) in [7, 11) is 3.05. The van der Waals surface area contributed by atoms with Crippen LogP contribution in [0.4, 0.5) is 4.79 Å². The number of aromatic amines is 2. The number of hydrogen-bond donors (Lipinski definition) is 4. The van der Waals surface area contributed by atoms with Crippen LogP contribution in [-0.4, -0.2) is 76.3 Å². The second-order valence-electron chi connectivity index (χ2n) is 14.5. The smallest absolute Gasteiger partial charge is 0.407 e. The molecule has 0 aliphatic carbocycles. The first-order chi connectivity index (χ1) is 24.7. The number of carbonyl (C=O) groups is 2. The monoisotopic (exact) mass is 695 g/mol. The summed E-state index contributed by atoms with van der Waals surface area (Å²) < 4.78 is 23.0. The van der Waals surface area contributed by atoms with Crippen molar-refractivity contribution in [2.45, 2.75) is 77.4 Å². The van der Waals surface area contributed by atoms with Gasteiger partial charge in [0.15, 0.2) is 0 Å². The third-order valence-corrected chi connectivity index (χ3v) is 10.8. The van der Waals surface area contributed by atoms with Crippen LogP contribution in [-0.2, 0) is 27.5 Å². The van der Waals surface area contributed by atoms with Crippen molar-refractivity contribution in [1.82, 2.24) is 35.5 Å². The highest BCUT2D eigenvalue weighted by Crippen LogP contribution is 2.51. The summed E-state index contributed by atoms with van der Waals surface area (Å²) in [5.74, 6) is 3.53. The molecule has 4 aliphatic rings. The second-order valence-corrected chi connectivity index (χ2v) is 14.5. The molecule has 2 saturated heterocycles. The zero-order valence-corrected chi connectivity index (χ0v) is 29.7. The van der Waals surface area contributed by atoms with E-state index in [0.717, 1.165) is 94.5 Å². The summed E-state index contributed by atoms with van der Waals surface area (Å²) in [4.78, 5) is 44.3. The molecule has 0 bridgehead atoms. The Bertz CT molecular complexity index is 1920. The Morgan fingerprint density at radius 1 is 0.941 bits per heavy atom. The van der Waals surface area contributed by atoms with Crippen molar-refractivity contribution < 1.29 is 28.5 Å². The first-order valence-electron chi connectivity index (χ1n) is 17.8. The van der Waals surface area contributed by atoms with Crippen molar-refractivity contribution in [2.75, 3.05) is 27.4 Å². The number of imidazole rings is 2. The zero-order valence-electron chi connectivity index (χ0n) is 29.7. The number of nitrogens with one attached hydrogen (secondary N) is 4. The molecule has 5 atom stereocenters. The summed E-state index contributed by atoms with van der Waals surface area (Å²) in [6, 6.07) is 7.69. The molecule has 0 saturated carbocycles. The third kappa shape index (κ3) is 6.01. The average molecular weight is 696 g/mol. The molecule has 4 aromatic rings. The average Bonchev–Trinajstić information content (AvgIpc) is 3.96. The molecule has 2 aromatic heterocycles. The van der Waals surface area contributed by atoms with E-state index in [4.69, 9.17) is 28.9 Å². The number of benzene rings is 2. The lowest BCUT2D eigenvalue weighted by Crippen LogP contribution is -2.52. The van der Waals surface area contributed by atoms with Gasteiger partial charge in [0.1, 0.15) is 42.4 Å². The van der Waals surface area contributed by atoms with E-state index < -0.39 is 12.1 Å². The molecule has 2 amide bonds. The summed E-state index contributed by atoms with van der Waals surface area (Å²) >= 11 is 0. The molecule has 0 spiro atoms. The number of H-pyrrole nitrogens is 2. The SMILES string of the molecule is COCC1CNC(c2ncc(-c3cc4c5c(c3)OCc3cc(-c6cnc(C7CCC(C)N7C(=O)C(NC(=O)OC)C(C)C)[nH]6)cc(c3-5)OC4)[nH]2)C1. The van der Waals surface area contributed by atoms with Gasteiger partial charge in [0.25, 0.3) is 0 Å². The van der Waals surface area contributed by atoms with Gasteiger partial charge in [0.05, 0.1) is 49.6 Å². The van der Waals surface area contributed by atoms with Gasteiger partial charge in [0.2, 0.25) is 5.91 Å². The first-order valence-corrected chi connectivity index (χ1v) is 17.8. The quantitative estimate of drug-likeness (QED) is 0.174. The Morgan fingerprint density at radius 2 is 1.57 bits per heavy atom. The van der Waals surface area contributed by atoms with Gasteiger partial charge in [-0.3, -0.25) is 4.79 Å². The van der Waals surface area contributed by atoms with E-state index in [1.54, 1.807) is 7.11 Å². The fraction of sp³-hybridized carbons (Fsp3) is 0.474. The predicted molar refractivity (Wildman–Crippen MR) is 189 cm³/mol. The standard InChI is InChI=1S/C38H45N7O6/c1-19(2)34(44-38(47)49-5)37(46)45-20(3)6-7-29(45)36-41-15-28(43-36)23-10-25-18-50-30-11-22(9-24-17-51-31(12-23)33(25)32(24)30)27-14-40-35(42-27)26-8-21(13-39-26)16-48-4/h9-12,14-15,19-21,26,29,34,39H,6-8,13,16-18H2,1-5H3,(H,40,42)(H,41,43)(H,44,47). The van der Waals surface area contributed by atoms with E-state index in [9.17, 15) is 9.59 Å². The van der Waals surface area contributed by atoms with E-state index >= 15 is 0 Å². The van der Waals surface area contributed by atoms with E-state index in [1.807, 2.05) is 38.1 Å². The Kier molecular flexibility index (Phi) is 8.71. The van der Waals surface area contributed by atoms with Crippen LogP contribution >= 0.6 is 0 Å². The zero-order chi connectivity index (χ0) is 35.4. The van der Waals surface area contributed by atoms with E-state index in [0.29, 0.717) is 25.0 Å². The highest BCUT2D eigenvalue weighted by Gasteiger charge is 2.41. The number of aromatic nitrogens is 4. The molecule has 0 radical (unpaired) electrons. The Balaban J connectivity index is 1.04. The summed E-state index contributed by atoms with van der Waals surface area (Å²) in [5.41, 5.74) is 7.99. The van der Waals surface area contributed by atoms with Gasteiger partial charge >= 0.3 is 6.09 Å². The molecule has 268 valence electrons. The normalized spacial score (nSPS) is 22.4. The molecule has 5 unspecified atom stereocenters. The van der Waals surface area contributed by atoms with Crippen LogP contribution in [0.15, 0.2) is 36.7 Å². The lowest BCUT2D eigenvalue weighted by atomic mass is 9.87. The lowest BCUT2D eigenvalue weighted by molar-refractivity contribution is -0.137. The third-order valence-electron chi connectivity index (χ3n) is 10.8. The van der Waals surface area contributed by atoms with Crippen molar-refractivity contribution in [1.29, 1.82) is 0 Å². The number of nitrogens with zero attached hydrogens (tertiary/aromatic N) is 3. The molecule has 2 aromatic carbocycles. The number of ether oxygens (including phenoxy) is 4. The first kappa shape index (κ1) is 33.3. The number of amides is 2. The van der Waals surface area contributed by atoms with Crippen LogP contribution in [0.5, 0.6) is 11.5 Å². The highest BCUT2D eigenvalue weighted by atomic mass is 16.5. The van der Waals surface area contributed by atoms with Crippen molar-refractivity contribution >= 4 is 12.0 Å². The number of likely N-dealkylation sites (tertiary alicyclic amines) is 1. The van der Waals surface area contributed by atoms with E-state index in [1.165, 1.54) is 7.11 Å². The van der Waals surface area contributed by atoms with Crippen molar-refractivity contribution in [3.63, 3.8) is 0 Å². The highest BCUT2D eigenvalue weighted by molar-refractivity contribution is 5.89. The molecule has 13 heteroatoms. The Hall–Kier alpha value is -4.88. The van der Waals surface area contributed by atoms with Crippen LogP contribution in [0.2, 0.25) is 0 Å². The van der Waals surface area contributed by atoms with Crippen LogP contribution in [0, 0.1) is 11.8 Å². The van der Waals surface area contributed by atoms with Gasteiger partial charge in [-0.25, -0.2) is 14.8 Å². The maximum Gasteiger partial charge on any atom is 0.407 e. The molecule has 8 rings (SSSR count). The predicted octanol–water partition coefficient (Wildman–Crippen LogP) is 5.65. The van der Waals surface area contributed by atoms with Crippen LogP contribution in [0.3, 0.4) is 0 Å². The molecule has 51 heavy (non-hydrogen) atoms. The second kappa shape index (κ2) is 13.3. The minimum Gasteiger partial charge on any atom is -0.488 e. The van der Waals surface area contributed by atoms with E-state index in [-0.39, 0.29) is 30.0 Å². The van der Waals surface area contributed by atoms with Gasteiger partial charge in [-0.1, -0.05) is 13.8 Å². The minimum atomic E-state index is -0.704. The topological polar surface area (TPSA) is 156 Å². The number of rotatable bonds is 9. The largest absolute Gasteiger partial charge is 0.488 e. The Morgan fingerprint density at radius 3 is 2.18 bits per heavy atom. The van der Waals surface area contributed by atoms with Gasteiger partial charge < -0.3 is 44.4 Å². The summed E-state index contributed by atoms with van der Waals surface area (Å²) in [5, 5.41) is 6.29. The molecule has 4 N–H and O–H groups in total. The van der Waals surface area contributed by atoms with Crippen molar-refractivity contribution in [3.8, 4) is 45.1 Å². The number of methoxy groups -OCH3 is 2. The fourth-order valence-electron chi connectivity index (χ4n) is 8.17. The van der Waals surface area contributed by atoms with Gasteiger partial charge in [-0.05, 0) is 62.3 Å². The lowest BCUT2D eigenvalue weighted by Gasteiger charge is -2.33. The fourth-order valence-corrected chi connectivity index (χ4v) is 8.17. The maximum atomic E-state index is 13.8. The van der Waals surface area contributed by atoms with Crippen LogP contribution < -0.4 is 20.1 Å².